The average Bonchev–Trinajstić information content (AvgIpc) is 2.45. The first kappa shape index (κ1) is 15.9. The van der Waals surface area contributed by atoms with Gasteiger partial charge in [0.2, 0.25) is 0 Å². The van der Waals surface area contributed by atoms with Gasteiger partial charge in [-0.05, 0) is 31.2 Å². The Hall–Kier alpha value is -2.50. The number of Topliss-reactive ketones (excluding diaryl/α,β-unsaturated/α-hetero) is 1. The van der Waals surface area contributed by atoms with Gasteiger partial charge in [0.15, 0.2) is 17.3 Å². The number of hydrogen-bond donors (Lipinski definition) is 1. The van der Waals surface area contributed by atoms with Crippen molar-refractivity contribution < 1.29 is 22.7 Å². The lowest BCUT2D eigenvalue weighted by atomic mass is 10.1. The molecule has 2 aromatic rings. The minimum atomic E-state index is -0.796. The monoisotopic (exact) mass is 309 g/mol. The van der Waals surface area contributed by atoms with Crippen LogP contribution < -0.4 is 10.1 Å². The Bertz CT molecular complexity index is 689. The fourth-order valence-corrected chi connectivity index (χ4v) is 1.97. The first-order valence-corrected chi connectivity index (χ1v) is 6.60. The highest BCUT2D eigenvalue weighted by molar-refractivity contribution is 5.99. The number of rotatable bonds is 6. The highest BCUT2D eigenvalue weighted by atomic mass is 19.1. The number of ether oxygens (including phenoxy) is 1. The Morgan fingerprint density at radius 2 is 1.91 bits per heavy atom. The zero-order valence-corrected chi connectivity index (χ0v) is 11.8. The molecule has 0 saturated heterocycles. The highest BCUT2D eigenvalue weighted by Gasteiger charge is 2.12. The molecule has 0 spiro atoms. The molecule has 0 aliphatic heterocycles. The van der Waals surface area contributed by atoms with Gasteiger partial charge in [-0.3, -0.25) is 4.79 Å². The van der Waals surface area contributed by atoms with E-state index in [4.69, 9.17) is 4.74 Å². The van der Waals surface area contributed by atoms with Crippen LogP contribution in [0, 0.1) is 17.5 Å². The van der Waals surface area contributed by atoms with Crippen molar-refractivity contribution in [1.29, 1.82) is 0 Å². The van der Waals surface area contributed by atoms with Gasteiger partial charge in [0.05, 0.1) is 5.56 Å². The van der Waals surface area contributed by atoms with Crippen LogP contribution in [0.3, 0.4) is 0 Å². The van der Waals surface area contributed by atoms with E-state index in [0.717, 1.165) is 12.1 Å². The van der Waals surface area contributed by atoms with E-state index in [0.29, 0.717) is 5.69 Å². The van der Waals surface area contributed by atoms with Crippen LogP contribution >= 0.6 is 0 Å². The quantitative estimate of drug-likeness (QED) is 0.651. The minimum absolute atomic E-state index is 0.0320. The maximum atomic E-state index is 13.6. The van der Waals surface area contributed by atoms with Crippen molar-refractivity contribution in [2.75, 3.05) is 18.5 Å². The molecule has 0 bridgehead atoms. The molecule has 0 unspecified atom stereocenters. The molecule has 1 N–H and O–H groups in total. The largest absolute Gasteiger partial charge is 0.489 e. The van der Waals surface area contributed by atoms with Crippen LogP contribution in [0.2, 0.25) is 0 Å². The molecule has 0 heterocycles. The predicted octanol–water partition coefficient (Wildman–Crippen LogP) is 3.80. The summed E-state index contributed by atoms with van der Waals surface area (Å²) >= 11 is 0. The number of ketones is 1. The van der Waals surface area contributed by atoms with E-state index in [1.165, 1.54) is 25.1 Å². The molecular formula is C16H14F3NO2. The van der Waals surface area contributed by atoms with Crippen LogP contribution in [-0.4, -0.2) is 18.9 Å². The summed E-state index contributed by atoms with van der Waals surface area (Å²) in [6.07, 6.45) is 0. The van der Waals surface area contributed by atoms with Crippen LogP contribution in [0.4, 0.5) is 18.9 Å². The van der Waals surface area contributed by atoms with Crippen molar-refractivity contribution in [1.82, 2.24) is 0 Å². The van der Waals surface area contributed by atoms with Crippen molar-refractivity contribution in [2.45, 2.75) is 6.92 Å². The molecule has 0 radical (unpaired) electrons. The van der Waals surface area contributed by atoms with Gasteiger partial charge in [-0.15, -0.1) is 0 Å². The summed E-state index contributed by atoms with van der Waals surface area (Å²) in [7, 11) is 0. The molecule has 116 valence electrons. The molecule has 0 amide bonds. The topological polar surface area (TPSA) is 38.3 Å². The number of nitrogens with one attached hydrogen (secondary N) is 1. The SMILES string of the molecule is CC(=O)c1c(F)cccc1NCCOc1ccc(F)cc1F. The van der Waals surface area contributed by atoms with Gasteiger partial charge in [-0.1, -0.05) is 6.07 Å². The Morgan fingerprint density at radius 3 is 2.59 bits per heavy atom. The van der Waals surface area contributed by atoms with Gasteiger partial charge in [0.25, 0.3) is 0 Å². The molecule has 2 rings (SSSR count). The fraction of sp³-hybridized carbons (Fsp3) is 0.188. The third kappa shape index (κ3) is 3.78. The van der Waals surface area contributed by atoms with Gasteiger partial charge in [0.1, 0.15) is 18.2 Å². The van der Waals surface area contributed by atoms with Gasteiger partial charge >= 0.3 is 0 Å². The molecule has 2 aromatic carbocycles. The first-order chi connectivity index (χ1) is 10.5. The minimum Gasteiger partial charge on any atom is -0.489 e. The Labute approximate surface area is 125 Å². The molecule has 0 aliphatic rings. The normalized spacial score (nSPS) is 10.4. The standard InChI is InChI=1S/C16H14F3NO2/c1-10(21)16-12(18)3-2-4-14(16)20-7-8-22-15-6-5-11(17)9-13(15)19/h2-6,9,20H,7-8H2,1H3. The summed E-state index contributed by atoms with van der Waals surface area (Å²) in [5, 5.41) is 2.85. The lowest BCUT2D eigenvalue weighted by Gasteiger charge is -2.12. The van der Waals surface area contributed by atoms with Crippen molar-refractivity contribution in [3.63, 3.8) is 0 Å². The lowest BCUT2D eigenvalue weighted by Crippen LogP contribution is -2.14. The van der Waals surface area contributed by atoms with E-state index in [1.807, 2.05) is 0 Å². The van der Waals surface area contributed by atoms with Crippen molar-refractivity contribution in [2.24, 2.45) is 0 Å². The van der Waals surface area contributed by atoms with Gasteiger partial charge in [-0.2, -0.15) is 0 Å². The molecule has 0 saturated carbocycles. The zero-order chi connectivity index (χ0) is 16.1. The first-order valence-electron chi connectivity index (χ1n) is 6.60. The number of halogens is 3. The highest BCUT2D eigenvalue weighted by Crippen LogP contribution is 2.20. The Kier molecular flexibility index (Phi) is 5.04. The average molecular weight is 309 g/mol. The number of carbonyl (C=O) groups is 1. The van der Waals surface area contributed by atoms with E-state index in [1.54, 1.807) is 6.07 Å². The van der Waals surface area contributed by atoms with Gasteiger partial charge in [0, 0.05) is 18.3 Å². The van der Waals surface area contributed by atoms with E-state index < -0.39 is 23.2 Å². The summed E-state index contributed by atoms with van der Waals surface area (Å²) in [6, 6.07) is 7.25. The zero-order valence-electron chi connectivity index (χ0n) is 11.8. The van der Waals surface area contributed by atoms with Crippen LogP contribution in [0.5, 0.6) is 5.75 Å². The molecule has 0 fully saturated rings. The summed E-state index contributed by atoms with van der Waals surface area (Å²) in [5.74, 6) is -2.56. The molecule has 3 nitrogen and oxygen atoms in total. The summed E-state index contributed by atoms with van der Waals surface area (Å²) < 4.78 is 44.8. The predicted molar refractivity (Wildman–Crippen MR) is 76.7 cm³/mol. The van der Waals surface area contributed by atoms with Crippen molar-refractivity contribution >= 4 is 11.5 Å². The smallest absolute Gasteiger partial charge is 0.167 e. The van der Waals surface area contributed by atoms with E-state index in [9.17, 15) is 18.0 Å². The molecule has 22 heavy (non-hydrogen) atoms. The number of benzene rings is 2. The van der Waals surface area contributed by atoms with Crippen molar-refractivity contribution in [3.05, 3.63) is 59.4 Å². The number of anilines is 1. The lowest BCUT2D eigenvalue weighted by molar-refractivity contribution is 0.101. The molecule has 0 aliphatic carbocycles. The second-order valence-electron chi connectivity index (χ2n) is 4.57. The molecular weight excluding hydrogens is 295 g/mol. The molecule has 6 heteroatoms. The second kappa shape index (κ2) is 6.98. The Morgan fingerprint density at radius 1 is 1.14 bits per heavy atom. The molecule has 0 aromatic heterocycles. The number of hydrogen-bond acceptors (Lipinski definition) is 3. The van der Waals surface area contributed by atoms with E-state index >= 15 is 0 Å². The van der Waals surface area contributed by atoms with Gasteiger partial charge in [-0.25, -0.2) is 13.2 Å². The second-order valence-corrected chi connectivity index (χ2v) is 4.57. The van der Waals surface area contributed by atoms with Crippen LogP contribution in [-0.2, 0) is 0 Å². The fourth-order valence-electron chi connectivity index (χ4n) is 1.97. The third-order valence-electron chi connectivity index (χ3n) is 2.93. The molecule has 0 atom stereocenters. The summed E-state index contributed by atoms with van der Waals surface area (Å²) in [4.78, 5) is 11.4. The van der Waals surface area contributed by atoms with Gasteiger partial charge < -0.3 is 10.1 Å². The summed E-state index contributed by atoms with van der Waals surface area (Å²) in [5.41, 5.74) is 0.311. The third-order valence-corrected chi connectivity index (χ3v) is 2.93. The van der Waals surface area contributed by atoms with Crippen molar-refractivity contribution in [3.8, 4) is 5.75 Å². The maximum absolute atomic E-state index is 13.6. The van der Waals surface area contributed by atoms with Crippen LogP contribution in [0.1, 0.15) is 17.3 Å². The number of carbonyl (C=O) groups excluding carboxylic acids is 1. The van der Waals surface area contributed by atoms with E-state index in [2.05, 4.69) is 5.32 Å². The van der Waals surface area contributed by atoms with Crippen LogP contribution in [0.25, 0.3) is 0 Å². The van der Waals surface area contributed by atoms with E-state index in [-0.39, 0.29) is 24.5 Å². The Balaban J connectivity index is 1.95. The maximum Gasteiger partial charge on any atom is 0.167 e. The summed E-state index contributed by atoms with van der Waals surface area (Å²) in [6.45, 7) is 1.56. The van der Waals surface area contributed by atoms with Crippen LogP contribution in [0.15, 0.2) is 36.4 Å².